The van der Waals surface area contributed by atoms with Crippen LogP contribution in [0.15, 0.2) is 53.0 Å². The molecule has 7 heteroatoms. The van der Waals surface area contributed by atoms with E-state index < -0.39 is 6.04 Å². The smallest absolute Gasteiger partial charge is 0.253 e. The van der Waals surface area contributed by atoms with Crippen LogP contribution >= 0.6 is 39.3 Å². The Kier molecular flexibility index (Phi) is 8.48. The zero-order chi connectivity index (χ0) is 18.9. The van der Waals surface area contributed by atoms with E-state index in [-0.39, 0.29) is 11.8 Å². The first-order chi connectivity index (χ1) is 12.5. The number of nitrogens with one attached hydrogen (secondary N) is 2. The van der Waals surface area contributed by atoms with Crippen LogP contribution < -0.4 is 10.6 Å². The number of hydrogen-bond donors (Lipinski definition) is 2. The predicted octanol–water partition coefficient (Wildman–Crippen LogP) is 4.27. The van der Waals surface area contributed by atoms with Gasteiger partial charge < -0.3 is 10.6 Å². The molecule has 2 aromatic rings. The average molecular weight is 456 g/mol. The highest BCUT2D eigenvalue weighted by Gasteiger charge is 2.21. The number of halogens is 2. The number of thioether (sulfide) groups is 1. The molecule has 0 aliphatic carbocycles. The van der Waals surface area contributed by atoms with Gasteiger partial charge in [0.15, 0.2) is 0 Å². The molecule has 2 aromatic carbocycles. The molecular weight excluding hydrogens is 436 g/mol. The van der Waals surface area contributed by atoms with Crippen molar-refractivity contribution in [1.29, 1.82) is 0 Å². The van der Waals surface area contributed by atoms with Gasteiger partial charge in [-0.3, -0.25) is 9.59 Å². The second kappa shape index (κ2) is 10.6. The highest BCUT2D eigenvalue weighted by Crippen LogP contribution is 2.16. The summed E-state index contributed by atoms with van der Waals surface area (Å²) in [6.07, 6.45) is 2.53. The van der Waals surface area contributed by atoms with Gasteiger partial charge in [-0.15, -0.1) is 0 Å². The standard InChI is InChI=1S/C19H20BrClN2O2S/c1-26-11-10-17(23-18(24)15-4-2-3-5-16(15)20)19(25)22-12-13-6-8-14(21)9-7-13/h2-9,17H,10-12H2,1H3,(H,22,25)(H,23,24). The van der Waals surface area contributed by atoms with E-state index in [0.717, 1.165) is 11.3 Å². The van der Waals surface area contributed by atoms with Gasteiger partial charge in [0.05, 0.1) is 5.56 Å². The molecule has 26 heavy (non-hydrogen) atoms. The SMILES string of the molecule is CSCCC(NC(=O)c1ccccc1Br)C(=O)NCc1ccc(Cl)cc1. The Bertz CT molecular complexity index is 755. The molecule has 1 unspecified atom stereocenters. The molecular formula is C19H20BrClN2O2S. The maximum Gasteiger partial charge on any atom is 0.253 e. The molecule has 138 valence electrons. The van der Waals surface area contributed by atoms with Crippen LogP contribution in [-0.4, -0.2) is 29.9 Å². The topological polar surface area (TPSA) is 58.2 Å². The number of benzene rings is 2. The first-order valence-electron chi connectivity index (χ1n) is 8.07. The highest BCUT2D eigenvalue weighted by molar-refractivity contribution is 9.10. The molecule has 0 aliphatic heterocycles. The van der Waals surface area contributed by atoms with Crippen molar-refractivity contribution in [3.05, 3.63) is 69.2 Å². The van der Waals surface area contributed by atoms with Crippen LogP contribution in [0.5, 0.6) is 0 Å². The van der Waals surface area contributed by atoms with Crippen LogP contribution in [0.2, 0.25) is 5.02 Å². The van der Waals surface area contributed by atoms with E-state index in [4.69, 9.17) is 11.6 Å². The Balaban J connectivity index is 2.00. The van der Waals surface area contributed by atoms with Gasteiger partial charge in [0.1, 0.15) is 6.04 Å². The highest BCUT2D eigenvalue weighted by atomic mass is 79.9. The molecule has 0 heterocycles. The number of carbonyl (C=O) groups excluding carboxylic acids is 2. The minimum atomic E-state index is -0.589. The summed E-state index contributed by atoms with van der Waals surface area (Å²) in [5, 5.41) is 6.37. The number of carbonyl (C=O) groups is 2. The lowest BCUT2D eigenvalue weighted by Gasteiger charge is -2.18. The van der Waals surface area contributed by atoms with Gasteiger partial charge in [-0.05, 0) is 64.2 Å². The fourth-order valence-electron chi connectivity index (χ4n) is 2.30. The summed E-state index contributed by atoms with van der Waals surface area (Å²) in [6.45, 7) is 0.386. The van der Waals surface area contributed by atoms with Gasteiger partial charge in [0.2, 0.25) is 5.91 Å². The van der Waals surface area contributed by atoms with Gasteiger partial charge >= 0.3 is 0 Å². The zero-order valence-corrected chi connectivity index (χ0v) is 17.5. The van der Waals surface area contributed by atoms with Crippen molar-refractivity contribution in [1.82, 2.24) is 10.6 Å². The van der Waals surface area contributed by atoms with E-state index >= 15 is 0 Å². The molecule has 2 N–H and O–H groups in total. The third kappa shape index (κ3) is 6.34. The minimum absolute atomic E-state index is 0.200. The van der Waals surface area contributed by atoms with Crippen molar-refractivity contribution >= 4 is 51.1 Å². The van der Waals surface area contributed by atoms with Crippen molar-refractivity contribution in [2.45, 2.75) is 19.0 Å². The Morgan fingerprint density at radius 3 is 2.50 bits per heavy atom. The van der Waals surface area contributed by atoms with E-state index in [0.29, 0.717) is 28.0 Å². The van der Waals surface area contributed by atoms with Crippen LogP contribution in [0.25, 0.3) is 0 Å². The Morgan fingerprint density at radius 2 is 1.85 bits per heavy atom. The number of hydrogen-bond acceptors (Lipinski definition) is 3. The van der Waals surface area contributed by atoms with Crippen molar-refractivity contribution in [2.24, 2.45) is 0 Å². The third-order valence-corrected chi connectivity index (χ3v) is 5.32. The van der Waals surface area contributed by atoms with Crippen molar-refractivity contribution in [3.63, 3.8) is 0 Å². The van der Waals surface area contributed by atoms with Crippen molar-refractivity contribution in [2.75, 3.05) is 12.0 Å². The largest absolute Gasteiger partial charge is 0.350 e. The van der Waals surface area contributed by atoms with Gasteiger partial charge in [-0.25, -0.2) is 0 Å². The van der Waals surface area contributed by atoms with E-state index in [1.165, 1.54) is 0 Å². The normalized spacial score (nSPS) is 11.7. The molecule has 0 radical (unpaired) electrons. The molecule has 0 fully saturated rings. The molecule has 2 rings (SSSR count). The van der Waals surface area contributed by atoms with Crippen molar-refractivity contribution in [3.8, 4) is 0 Å². The number of amides is 2. The predicted molar refractivity (Wildman–Crippen MR) is 112 cm³/mol. The van der Waals surface area contributed by atoms with Crippen LogP contribution in [-0.2, 0) is 11.3 Å². The van der Waals surface area contributed by atoms with Gasteiger partial charge in [-0.1, -0.05) is 35.9 Å². The third-order valence-electron chi connectivity index (χ3n) is 3.73. The molecule has 1 atom stereocenters. The maximum absolute atomic E-state index is 12.6. The number of rotatable bonds is 8. The summed E-state index contributed by atoms with van der Waals surface area (Å²) in [4.78, 5) is 25.1. The zero-order valence-electron chi connectivity index (χ0n) is 14.3. The molecule has 2 amide bonds. The molecule has 0 saturated heterocycles. The molecule has 4 nitrogen and oxygen atoms in total. The lowest BCUT2D eigenvalue weighted by Crippen LogP contribution is -2.47. The molecule has 0 bridgehead atoms. The summed E-state index contributed by atoms with van der Waals surface area (Å²) < 4.78 is 0.697. The van der Waals surface area contributed by atoms with Gasteiger partial charge in [-0.2, -0.15) is 11.8 Å². The fraction of sp³-hybridized carbons (Fsp3) is 0.263. The second-order valence-electron chi connectivity index (χ2n) is 5.63. The molecule has 0 aromatic heterocycles. The lowest BCUT2D eigenvalue weighted by atomic mass is 10.1. The Labute approximate surface area is 171 Å². The summed E-state index contributed by atoms with van der Waals surface area (Å²) >= 11 is 10.9. The first kappa shape index (κ1) is 20.8. The van der Waals surface area contributed by atoms with E-state index in [1.807, 2.05) is 24.5 Å². The summed E-state index contributed by atoms with van der Waals surface area (Å²) in [5.41, 5.74) is 1.45. The summed E-state index contributed by atoms with van der Waals surface area (Å²) in [5.74, 6) is 0.301. The Morgan fingerprint density at radius 1 is 1.15 bits per heavy atom. The summed E-state index contributed by atoms with van der Waals surface area (Å²) in [6, 6.07) is 13.8. The lowest BCUT2D eigenvalue weighted by molar-refractivity contribution is -0.123. The van der Waals surface area contributed by atoms with Crippen LogP contribution in [0.1, 0.15) is 22.3 Å². The minimum Gasteiger partial charge on any atom is -0.350 e. The van der Waals surface area contributed by atoms with Crippen LogP contribution in [0, 0.1) is 0 Å². The molecule has 0 spiro atoms. The van der Waals surface area contributed by atoms with Crippen molar-refractivity contribution < 1.29 is 9.59 Å². The molecule has 0 saturated carbocycles. The second-order valence-corrected chi connectivity index (χ2v) is 7.91. The summed E-state index contributed by atoms with van der Waals surface area (Å²) in [7, 11) is 0. The maximum atomic E-state index is 12.6. The fourth-order valence-corrected chi connectivity index (χ4v) is 3.36. The van der Waals surface area contributed by atoms with E-state index in [9.17, 15) is 9.59 Å². The average Bonchev–Trinajstić information content (AvgIpc) is 2.64. The Hall–Kier alpha value is -1.50. The van der Waals surface area contributed by atoms with Gasteiger partial charge in [0, 0.05) is 16.0 Å². The molecule has 0 aliphatic rings. The van der Waals surface area contributed by atoms with E-state index in [2.05, 4.69) is 26.6 Å². The monoisotopic (exact) mass is 454 g/mol. The quantitative estimate of drug-likeness (QED) is 0.625. The van der Waals surface area contributed by atoms with Gasteiger partial charge in [0.25, 0.3) is 5.91 Å². The van der Waals surface area contributed by atoms with Crippen LogP contribution in [0.3, 0.4) is 0 Å². The van der Waals surface area contributed by atoms with Crippen LogP contribution in [0.4, 0.5) is 0 Å². The van der Waals surface area contributed by atoms with E-state index in [1.54, 1.807) is 42.1 Å². The first-order valence-corrected chi connectivity index (χ1v) is 10.6.